The molecule has 0 amide bonds. The van der Waals surface area contributed by atoms with Crippen LogP contribution in [0.2, 0.25) is 5.02 Å². The Bertz CT molecular complexity index is 1020. The number of halogens is 1. The van der Waals surface area contributed by atoms with Crippen molar-refractivity contribution < 1.29 is 4.79 Å². The van der Waals surface area contributed by atoms with Gasteiger partial charge in [0.05, 0.1) is 5.02 Å². The molecule has 2 fully saturated rings. The molecule has 2 atom stereocenters. The molecule has 144 valence electrons. The number of ketones is 1. The lowest BCUT2D eigenvalue weighted by Crippen LogP contribution is -2.37. The predicted octanol–water partition coefficient (Wildman–Crippen LogP) is 5.59. The van der Waals surface area contributed by atoms with E-state index in [0.29, 0.717) is 22.9 Å². The van der Waals surface area contributed by atoms with Gasteiger partial charge in [0.1, 0.15) is 0 Å². The minimum absolute atomic E-state index is 0.0691. The van der Waals surface area contributed by atoms with Crippen LogP contribution in [0.3, 0.4) is 0 Å². The molecule has 0 radical (unpaired) electrons. The molecule has 2 aliphatic heterocycles. The van der Waals surface area contributed by atoms with Crippen molar-refractivity contribution in [3.05, 3.63) is 70.4 Å². The zero-order valence-electron chi connectivity index (χ0n) is 16.0. The first kappa shape index (κ1) is 18.0. The number of rotatable bonds is 4. The molecule has 28 heavy (non-hydrogen) atoms. The molecule has 0 bridgehead atoms. The van der Waals surface area contributed by atoms with Crippen LogP contribution in [0.4, 0.5) is 0 Å². The first-order chi connectivity index (χ1) is 13.7. The van der Waals surface area contributed by atoms with Crippen molar-refractivity contribution in [2.24, 2.45) is 0 Å². The Labute approximate surface area is 170 Å². The van der Waals surface area contributed by atoms with Crippen LogP contribution in [0.5, 0.6) is 0 Å². The number of hydrogen-bond acceptors (Lipinski definition) is 2. The van der Waals surface area contributed by atoms with Crippen molar-refractivity contribution in [1.82, 2.24) is 9.88 Å². The second kappa shape index (κ2) is 7.38. The molecule has 2 unspecified atom stereocenters. The van der Waals surface area contributed by atoms with E-state index in [1.54, 1.807) is 12.1 Å². The molecule has 0 spiro atoms. The molecular weight excluding hydrogens is 368 g/mol. The fraction of sp³-hybridized carbons (Fsp3) is 0.375. The molecule has 1 aromatic heterocycles. The van der Waals surface area contributed by atoms with Gasteiger partial charge in [-0.05, 0) is 73.5 Å². The molecule has 0 saturated carbocycles. The topological polar surface area (TPSA) is 36.1 Å². The number of nitrogens with one attached hydrogen (secondary N) is 1. The summed E-state index contributed by atoms with van der Waals surface area (Å²) in [4.78, 5) is 18.8. The van der Waals surface area contributed by atoms with Gasteiger partial charge in [-0.3, -0.25) is 9.69 Å². The minimum atomic E-state index is 0.0691. The van der Waals surface area contributed by atoms with Gasteiger partial charge in [-0.1, -0.05) is 29.8 Å². The smallest absolute Gasteiger partial charge is 0.168 e. The molecule has 3 nitrogen and oxygen atoms in total. The van der Waals surface area contributed by atoms with Gasteiger partial charge in [0.2, 0.25) is 0 Å². The average molecular weight is 393 g/mol. The van der Waals surface area contributed by atoms with E-state index in [4.69, 9.17) is 11.6 Å². The van der Waals surface area contributed by atoms with Crippen LogP contribution in [0, 0.1) is 0 Å². The van der Waals surface area contributed by atoms with Gasteiger partial charge in [0.25, 0.3) is 0 Å². The van der Waals surface area contributed by atoms with Gasteiger partial charge >= 0.3 is 0 Å². The zero-order chi connectivity index (χ0) is 19.1. The van der Waals surface area contributed by atoms with Crippen molar-refractivity contribution >= 4 is 28.3 Å². The summed E-state index contributed by atoms with van der Waals surface area (Å²) < 4.78 is 0. The normalized spacial score (nSPS) is 22.5. The molecule has 2 saturated heterocycles. The van der Waals surface area contributed by atoms with Crippen LogP contribution in [-0.4, -0.2) is 34.8 Å². The third-order valence-electron chi connectivity index (χ3n) is 6.56. The lowest BCUT2D eigenvalue weighted by molar-refractivity contribution is 0.0993. The van der Waals surface area contributed by atoms with Crippen molar-refractivity contribution in [1.29, 1.82) is 0 Å². The molecule has 1 N–H and O–H groups in total. The van der Waals surface area contributed by atoms with Crippen molar-refractivity contribution in [2.45, 2.75) is 44.1 Å². The third-order valence-corrected chi connectivity index (χ3v) is 6.89. The van der Waals surface area contributed by atoms with E-state index < -0.39 is 0 Å². The second-order valence-electron chi connectivity index (χ2n) is 8.27. The highest BCUT2D eigenvalue weighted by atomic mass is 35.5. The standard InChI is InChI=1S/C24H25ClN2O/c25-22-6-2-1-5-19(22)24(28)13-16-7-10-23-20(12-16)21(14-26-23)17-8-9-18-4-3-11-27(18)15-17/h1-2,5-7,10,12,14,17-18,26H,3-4,8-9,11,13,15H2. The fourth-order valence-corrected chi connectivity index (χ4v) is 5.33. The van der Waals surface area contributed by atoms with Gasteiger partial charge in [-0.2, -0.15) is 0 Å². The zero-order valence-corrected chi connectivity index (χ0v) is 16.7. The van der Waals surface area contributed by atoms with Crippen LogP contribution < -0.4 is 0 Å². The lowest BCUT2D eigenvalue weighted by atomic mass is 9.87. The number of piperidine rings is 1. The maximum Gasteiger partial charge on any atom is 0.168 e. The summed E-state index contributed by atoms with van der Waals surface area (Å²) in [5.41, 5.74) is 4.22. The van der Waals surface area contributed by atoms with Gasteiger partial charge in [0.15, 0.2) is 5.78 Å². The van der Waals surface area contributed by atoms with E-state index in [0.717, 1.165) is 17.1 Å². The van der Waals surface area contributed by atoms with Gasteiger partial charge < -0.3 is 4.98 Å². The SMILES string of the molecule is O=C(Cc1ccc2[nH]cc(C3CCC4CCCN4C3)c2c1)c1ccccc1Cl. The van der Waals surface area contributed by atoms with E-state index in [-0.39, 0.29) is 5.78 Å². The van der Waals surface area contributed by atoms with E-state index in [1.807, 2.05) is 12.1 Å². The molecule has 4 heteroatoms. The molecule has 3 aromatic rings. The Balaban J connectivity index is 1.41. The average Bonchev–Trinajstić information content (AvgIpc) is 3.34. The van der Waals surface area contributed by atoms with Crippen LogP contribution in [0.1, 0.15) is 53.1 Å². The maximum absolute atomic E-state index is 12.7. The highest BCUT2D eigenvalue weighted by Gasteiger charge is 2.32. The molecule has 3 heterocycles. The van der Waals surface area contributed by atoms with E-state index in [9.17, 15) is 4.79 Å². The van der Waals surface area contributed by atoms with Crippen LogP contribution in [0.15, 0.2) is 48.7 Å². The number of nitrogens with zero attached hydrogens (tertiary/aromatic N) is 1. The van der Waals surface area contributed by atoms with E-state index >= 15 is 0 Å². The van der Waals surface area contributed by atoms with E-state index in [1.165, 1.54) is 49.7 Å². The molecule has 2 aromatic carbocycles. The third kappa shape index (κ3) is 3.27. The maximum atomic E-state index is 12.7. The summed E-state index contributed by atoms with van der Waals surface area (Å²) in [7, 11) is 0. The number of H-pyrrole nitrogens is 1. The van der Waals surface area contributed by atoms with Crippen LogP contribution in [-0.2, 0) is 6.42 Å². The number of carbonyl (C=O) groups excluding carboxylic acids is 1. The lowest BCUT2D eigenvalue weighted by Gasteiger charge is -2.35. The Morgan fingerprint density at radius 1 is 1.14 bits per heavy atom. The first-order valence-corrected chi connectivity index (χ1v) is 10.7. The van der Waals surface area contributed by atoms with Crippen LogP contribution in [0.25, 0.3) is 10.9 Å². The highest BCUT2D eigenvalue weighted by Crippen LogP contribution is 2.37. The molecular formula is C24H25ClN2O. The quantitative estimate of drug-likeness (QED) is 0.587. The van der Waals surface area contributed by atoms with Crippen molar-refractivity contribution in [3.8, 4) is 0 Å². The summed E-state index contributed by atoms with van der Waals surface area (Å²) in [5.74, 6) is 0.650. The molecule has 2 aliphatic rings. The van der Waals surface area contributed by atoms with Gasteiger partial charge in [0, 0.05) is 41.7 Å². The molecule has 0 aliphatic carbocycles. The van der Waals surface area contributed by atoms with Gasteiger partial charge in [-0.15, -0.1) is 0 Å². The first-order valence-electron chi connectivity index (χ1n) is 10.3. The van der Waals surface area contributed by atoms with Gasteiger partial charge in [-0.25, -0.2) is 0 Å². The number of hydrogen-bond donors (Lipinski definition) is 1. The summed E-state index contributed by atoms with van der Waals surface area (Å²) in [6, 6.07) is 14.5. The minimum Gasteiger partial charge on any atom is -0.361 e. The van der Waals surface area contributed by atoms with Crippen molar-refractivity contribution in [3.63, 3.8) is 0 Å². The number of benzene rings is 2. The summed E-state index contributed by atoms with van der Waals surface area (Å²) in [6.07, 6.45) is 7.85. The summed E-state index contributed by atoms with van der Waals surface area (Å²) >= 11 is 6.20. The van der Waals surface area contributed by atoms with Crippen molar-refractivity contribution in [2.75, 3.05) is 13.1 Å². The monoisotopic (exact) mass is 392 g/mol. The number of carbonyl (C=O) groups is 1. The number of aromatic nitrogens is 1. The molecule has 5 rings (SSSR count). The Kier molecular flexibility index (Phi) is 4.73. The second-order valence-corrected chi connectivity index (χ2v) is 8.68. The fourth-order valence-electron chi connectivity index (χ4n) is 5.09. The number of Topliss-reactive ketones (excluding diaryl/α,β-unsaturated/α-hetero) is 1. The summed E-state index contributed by atoms with van der Waals surface area (Å²) in [5, 5.41) is 1.80. The van der Waals surface area contributed by atoms with Crippen LogP contribution >= 0.6 is 11.6 Å². The predicted molar refractivity (Wildman–Crippen MR) is 114 cm³/mol. The number of aromatic amines is 1. The van der Waals surface area contributed by atoms with E-state index in [2.05, 4.69) is 34.3 Å². The number of fused-ring (bicyclic) bond motifs is 2. The Hall–Kier alpha value is -2.10. The summed E-state index contributed by atoms with van der Waals surface area (Å²) in [6.45, 7) is 2.42. The largest absolute Gasteiger partial charge is 0.361 e. The Morgan fingerprint density at radius 3 is 2.93 bits per heavy atom. The Morgan fingerprint density at radius 2 is 2.04 bits per heavy atom. The highest BCUT2D eigenvalue weighted by molar-refractivity contribution is 6.34.